The van der Waals surface area contributed by atoms with Gasteiger partial charge in [0.1, 0.15) is 4.83 Å². The van der Waals surface area contributed by atoms with Crippen LogP contribution < -0.4 is 11.3 Å². The minimum atomic E-state index is 0.662. The average molecular weight is 242 g/mol. The van der Waals surface area contributed by atoms with Crippen LogP contribution in [-0.4, -0.2) is 9.97 Å². The fourth-order valence-electron chi connectivity index (χ4n) is 1.68. The van der Waals surface area contributed by atoms with Crippen molar-refractivity contribution < 1.29 is 0 Å². The van der Waals surface area contributed by atoms with Crippen molar-refractivity contribution in [1.29, 1.82) is 0 Å². The number of fused-ring (bicyclic) bond motifs is 1. The quantitative estimate of drug-likeness (QED) is 0.535. The summed E-state index contributed by atoms with van der Waals surface area (Å²) in [6.45, 7) is 0. The van der Waals surface area contributed by atoms with E-state index in [2.05, 4.69) is 15.4 Å². The summed E-state index contributed by atoms with van der Waals surface area (Å²) in [5.41, 5.74) is 3.61. The molecule has 0 saturated heterocycles. The Morgan fingerprint density at radius 3 is 2.65 bits per heavy atom. The molecule has 1 aromatic carbocycles. The molecule has 4 nitrogen and oxygen atoms in total. The highest BCUT2D eigenvalue weighted by atomic mass is 32.1. The van der Waals surface area contributed by atoms with Gasteiger partial charge >= 0.3 is 0 Å². The zero-order chi connectivity index (χ0) is 11.7. The molecule has 3 aromatic rings. The van der Waals surface area contributed by atoms with Gasteiger partial charge in [0.15, 0.2) is 11.6 Å². The van der Waals surface area contributed by atoms with Gasteiger partial charge < -0.3 is 5.43 Å². The molecule has 0 atom stereocenters. The Balaban J connectivity index is 2.24. The van der Waals surface area contributed by atoms with Gasteiger partial charge in [-0.25, -0.2) is 15.8 Å². The molecule has 3 N–H and O–H groups in total. The van der Waals surface area contributed by atoms with Crippen LogP contribution in [0.2, 0.25) is 0 Å². The van der Waals surface area contributed by atoms with Gasteiger partial charge in [0, 0.05) is 5.56 Å². The first kappa shape index (κ1) is 10.2. The zero-order valence-corrected chi connectivity index (χ0v) is 9.74. The summed E-state index contributed by atoms with van der Waals surface area (Å²) in [6, 6.07) is 11.8. The van der Waals surface area contributed by atoms with Crippen molar-refractivity contribution in [2.75, 3.05) is 5.43 Å². The van der Waals surface area contributed by atoms with Gasteiger partial charge in [0.05, 0.1) is 5.39 Å². The fourth-order valence-corrected chi connectivity index (χ4v) is 2.45. The molecule has 0 aliphatic rings. The van der Waals surface area contributed by atoms with Crippen molar-refractivity contribution in [3.63, 3.8) is 0 Å². The number of nitrogens with zero attached hydrogens (tertiary/aromatic N) is 2. The van der Waals surface area contributed by atoms with E-state index in [1.165, 1.54) is 0 Å². The number of aromatic nitrogens is 2. The first-order valence-corrected chi connectivity index (χ1v) is 6.04. The molecule has 0 saturated carbocycles. The van der Waals surface area contributed by atoms with E-state index in [1.54, 1.807) is 11.3 Å². The van der Waals surface area contributed by atoms with Crippen molar-refractivity contribution >= 4 is 27.4 Å². The lowest BCUT2D eigenvalue weighted by molar-refractivity contribution is 1.19. The van der Waals surface area contributed by atoms with Gasteiger partial charge in [-0.15, -0.1) is 11.3 Å². The van der Waals surface area contributed by atoms with Crippen molar-refractivity contribution in [3.8, 4) is 11.4 Å². The Hall–Kier alpha value is -1.98. The summed E-state index contributed by atoms with van der Waals surface area (Å²) in [5, 5.41) is 2.94. The van der Waals surface area contributed by atoms with E-state index in [9.17, 15) is 0 Å². The molecule has 0 unspecified atom stereocenters. The third-order valence-electron chi connectivity index (χ3n) is 2.49. The highest BCUT2D eigenvalue weighted by Crippen LogP contribution is 2.27. The molecular weight excluding hydrogens is 232 g/mol. The maximum Gasteiger partial charge on any atom is 0.163 e. The minimum absolute atomic E-state index is 0.662. The highest BCUT2D eigenvalue weighted by molar-refractivity contribution is 7.16. The van der Waals surface area contributed by atoms with Gasteiger partial charge in [-0.05, 0) is 11.4 Å². The second-order valence-corrected chi connectivity index (χ2v) is 4.44. The largest absolute Gasteiger partial charge is 0.308 e. The van der Waals surface area contributed by atoms with Gasteiger partial charge in [-0.1, -0.05) is 30.3 Å². The van der Waals surface area contributed by atoms with Crippen LogP contribution >= 0.6 is 11.3 Å². The molecule has 0 fully saturated rings. The number of nitrogens with two attached hydrogens (primary N) is 1. The summed E-state index contributed by atoms with van der Waals surface area (Å²) < 4.78 is 0. The lowest BCUT2D eigenvalue weighted by Crippen LogP contribution is -2.09. The van der Waals surface area contributed by atoms with Gasteiger partial charge in [0.25, 0.3) is 0 Å². The van der Waals surface area contributed by atoms with Crippen LogP contribution in [0.1, 0.15) is 0 Å². The van der Waals surface area contributed by atoms with Crippen LogP contribution in [0.25, 0.3) is 21.6 Å². The molecule has 5 heteroatoms. The van der Waals surface area contributed by atoms with E-state index >= 15 is 0 Å². The average Bonchev–Trinajstić information content (AvgIpc) is 2.86. The number of nitrogens with one attached hydrogen (secondary N) is 1. The summed E-state index contributed by atoms with van der Waals surface area (Å²) in [7, 11) is 0. The van der Waals surface area contributed by atoms with E-state index in [1.807, 2.05) is 41.8 Å². The normalized spacial score (nSPS) is 10.6. The first-order chi connectivity index (χ1) is 8.38. The topological polar surface area (TPSA) is 63.8 Å². The molecule has 0 amide bonds. The van der Waals surface area contributed by atoms with Crippen molar-refractivity contribution in [1.82, 2.24) is 9.97 Å². The van der Waals surface area contributed by atoms with Crippen LogP contribution in [0.3, 0.4) is 0 Å². The van der Waals surface area contributed by atoms with Crippen molar-refractivity contribution in [2.45, 2.75) is 0 Å². The SMILES string of the molecule is NNc1nc(-c2ccccc2)nc2sccc12. The molecule has 0 aliphatic carbocycles. The predicted octanol–water partition coefficient (Wildman–Crippen LogP) is 2.64. The number of benzene rings is 1. The van der Waals surface area contributed by atoms with Gasteiger partial charge in [-0.3, -0.25) is 0 Å². The number of hydrazine groups is 1. The number of hydrogen-bond donors (Lipinski definition) is 2. The highest BCUT2D eigenvalue weighted by Gasteiger charge is 2.08. The molecular formula is C12H10N4S. The molecule has 0 bridgehead atoms. The number of thiophene rings is 1. The molecule has 2 heterocycles. The van der Waals surface area contributed by atoms with Crippen LogP contribution in [0, 0.1) is 0 Å². The van der Waals surface area contributed by atoms with Crippen LogP contribution in [-0.2, 0) is 0 Å². The van der Waals surface area contributed by atoms with E-state index in [-0.39, 0.29) is 0 Å². The Kier molecular flexibility index (Phi) is 2.47. The predicted molar refractivity (Wildman–Crippen MR) is 70.7 cm³/mol. The number of nitrogen functional groups attached to an aromatic ring is 1. The summed E-state index contributed by atoms with van der Waals surface area (Å²) >= 11 is 1.58. The molecule has 84 valence electrons. The van der Waals surface area contributed by atoms with Gasteiger partial charge in [0.2, 0.25) is 0 Å². The first-order valence-electron chi connectivity index (χ1n) is 5.16. The monoisotopic (exact) mass is 242 g/mol. The standard InChI is InChI=1S/C12H10N4S/c13-16-11-9-6-7-17-12(9)15-10(14-11)8-4-2-1-3-5-8/h1-7H,13H2,(H,14,15,16). The number of hydrogen-bond acceptors (Lipinski definition) is 5. The van der Waals surface area contributed by atoms with Crippen LogP contribution in [0.5, 0.6) is 0 Å². The number of rotatable bonds is 2. The second-order valence-electron chi connectivity index (χ2n) is 3.55. The van der Waals surface area contributed by atoms with Crippen molar-refractivity contribution in [2.24, 2.45) is 5.84 Å². The lowest BCUT2D eigenvalue weighted by Gasteiger charge is -2.04. The van der Waals surface area contributed by atoms with Gasteiger partial charge in [-0.2, -0.15) is 0 Å². The zero-order valence-electron chi connectivity index (χ0n) is 8.92. The Morgan fingerprint density at radius 1 is 1.06 bits per heavy atom. The maximum atomic E-state index is 5.49. The Morgan fingerprint density at radius 2 is 1.88 bits per heavy atom. The molecule has 2 aromatic heterocycles. The summed E-state index contributed by atoms with van der Waals surface area (Å²) in [5.74, 6) is 6.84. The summed E-state index contributed by atoms with van der Waals surface area (Å²) in [4.78, 5) is 9.88. The molecule has 17 heavy (non-hydrogen) atoms. The number of anilines is 1. The van der Waals surface area contributed by atoms with E-state index in [0.29, 0.717) is 11.6 Å². The third kappa shape index (κ3) is 1.75. The van der Waals surface area contributed by atoms with E-state index < -0.39 is 0 Å². The van der Waals surface area contributed by atoms with Crippen molar-refractivity contribution in [3.05, 3.63) is 41.8 Å². The van der Waals surface area contributed by atoms with Crippen LogP contribution in [0.15, 0.2) is 41.8 Å². The second kappa shape index (κ2) is 4.12. The molecule has 0 radical (unpaired) electrons. The third-order valence-corrected chi connectivity index (χ3v) is 3.30. The molecule has 0 aliphatic heterocycles. The molecule has 0 spiro atoms. The van der Waals surface area contributed by atoms with E-state index in [4.69, 9.17) is 5.84 Å². The Labute approximate surface area is 102 Å². The fraction of sp³-hybridized carbons (Fsp3) is 0. The van der Waals surface area contributed by atoms with E-state index in [0.717, 1.165) is 15.8 Å². The molecule has 3 rings (SSSR count). The minimum Gasteiger partial charge on any atom is -0.308 e. The Bertz CT molecular complexity index is 648. The smallest absolute Gasteiger partial charge is 0.163 e. The summed E-state index contributed by atoms with van der Waals surface area (Å²) in [6.07, 6.45) is 0. The van der Waals surface area contributed by atoms with Crippen LogP contribution in [0.4, 0.5) is 5.82 Å². The maximum absolute atomic E-state index is 5.49. The lowest BCUT2D eigenvalue weighted by atomic mass is 10.2.